The standard InChI is InChI=1S/C21H21ClN4O/c1-26(2)20-13-12-18(24-25-20)21(27)23-19(16-6-4-3-5-7-16)14-15-8-10-17(22)11-9-15/h3-13,19H,14H2,1-2H3,(H,23,27). The van der Waals surface area contributed by atoms with Crippen molar-refractivity contribution in [1.29, 1.82) is 0 Å². The molecule has 0 bridgehead atoms. The molecule has 1 amide bonds. The first-order valence-corrected chi connectivity index (χ1v) is 9.02. The van der Waals surface area contributed by atoms with Crippen LogP contribution in [0.25, 0.3) is 0 Å². The van der Waals surface area contributed by atoms with Gasteiger partial charge in [-0.25, -0.2) is 0 Å². The third-order valence-electron chi connectivity index (χ3n) is 4.20. The van der Waals surface area contributed by atoms with E-state index in [0.717, 1.165) is 11.1 Å². The van der Waals surface area contributed by atoms with E-state index in [0.29, 0.717) is 17.3 Å². The minimum atomic E-state index is -0.254. The van der Waals surface area contributed by atoms with Crippen LogP contribution in [-0.4, -0.2) is 30.2 Å². The topological polar surface area (TPSA) is 58.1 Å². The fourth-order valence-electron chi connectivity index (χ4n) is 2.71. The Bertz CT molecular complexity index is 880. The van der Waals surface area contributed by atoms with Gasteiger partial charge in [0.25, 0.3) is 5.91 Å². The Morgan fingerprint density at radius 1 is 1.00 bits per heavy atom. The zero-order chi connectivity index (χ0) is 19.2. The van der Waals surface area contributed by atoms with Crippen molar-refractivity contribution in [3.05, 3.63) is 88.6 Å². The van der Waals surface area contributed by atoms with Crippen molar-refractivity contribution in [2.45, 2.75) is 12.5 Å². The molecule has 138 valence electrons. The van der Waals surface area contributed by atoms with E-state index in [-0.39, 0.29) is 17.6 Å². The molecule has 3 rings (SSSR count). The lowest BCUT2D eigenvalue weighted by Gasteiger charge is -2.19. The maximum atomic E-state index is 12.7. The fraction of sp³-hybridized carbons (Fsp3) is 0.190. The van der Waals surface area contributed by atoms with Gasteiger partial charge in [-0.2, -0.15) is 0 Å². The Balaban J connectivity index is 1.80. The third-order valence-corrected chi connectivity index (χ3v) is 4.45. The maximum Gasteiger partial charge on any atom is 0.272 e. The number of amides is 1. The van der Waals surface area contributed by atoms with E-state index < -0.39 is 0 Å². The second kappa shape index (κ2) is 8.64. The average molecular weight is 381 g/mol. The zero-order valence-electron chi connectivity index (χ0n) is 15.3. The largest absolute Gasteiger partial charge is 0.361 e. The van der Waals surface area contributed by atoms with Gasteiger partial charge in [0.2, 0.25) is 0 Å². The molecule has 1 heterocycles. The van der Waals surface area contributed by atoms with Crippen LogP contribution in [-0.2, 0) is 6.42 Å². The highest BCUT2D eigenvalue weighted by Crippen LogP contribution is 2.20. The number of nitrogens with one attached hydrogen (secondary N) is 1. The summed E-state index contributed by atoms with van der Waals surface area (Å²) >= 11 is 5.98. The van der Waals surface area contributed by atoms with Gasteiger partial charge >= 0.3 is 0 Å². The van der Waals surface area contributed by atoms with E-state index in [1.54, 1.807) is 12.1 Å². The summed E-state index contributed by atoms with van der Waals surface area (Å²) < 4.78 is 0. The lowest BCUT2D eigenvalue weighted by atomic mass is 9.98. The molecular formula is C21H21ClN4O. The first-order valence-electron chi connectivity index (χ1n) is 8.64. The molecule has 0 aliphatic rings. The van der Waals surface area contributed by atoms with Crippen LogP contribution in [0.5, 0.6) is 0 Å². The summed E-state index contributed by atoms with van der Waals surface area (Å²) in [6, 6.07) is 20.8. The molecule has 0 saturated carbocycles. The van der Waals surface area contributed by atoms with Crippen molar-refractivity contribution in [3.63, 3.8) is 0 Å². The Labute approximate surface area is 164 Å². The van der Waals surface area contributed by atoms with Crippen LogP contribution in [0.4, 0.5) is 5.82 Å². The maximum absolute atomic E-state index is 12.7. The van der Waals surface area contributed by atoms with Crippen LogP contribution >= 0.6 is 11.6 Å². The molecule has 0 aliphatic heterocycles. The quantitative estimate of drug-likeness (QED) is 0.704. The van der Waals surface area contributed by atoms with Crippen LogP contribution < -0.4 is 10.2 Å². The normalized spacial score (nSPS) is 11.7. The van der Waals surface area contributed by atoms with Crippen molar-refractivity contribution < 1.29 is 4.79 Å². The summed E-state index contributed by atoms with van der Waals surface area (Å²) in [4.78, 5) is 14.5. The van der Waals surface area contributed by atoms with Crippen molar-refractivity contribution in [1.82, 2.24) is 15.5 Å². The van der Waals surface area contributed by atoms with Crippen LogP contribution in [0.1, 0.15) is 27.7 Å². The molecule has 2 aromatic carbocycles. The predicted octanol–water partition coefficient (Wildman–Crippen LogP) is 3.91. The number of benzene rings is 2. The zero-order valence-corrected chi connectivity index (χ0v) is 16.0. The lowest BCUT2D eigenvalue weighted by molar-refractivity contribution is 0.0930. The fourth-order valence-corrected chi connectivity index (χ4v) is 2.84. The number of nitrogens with zero attached hydrogens (tertiary/aromatic N) is 3. The van der Waals surface area contributed by atoms with Gasteiger partial charge in [-0.15, -0.1) is 10.2 Å². The van der Waals surface area contributed by atoms with Crippen molar-refractivity contribution >= 4 is 23.3 Å². The van der Waals surface area contributed by atoms with Gasteiger partial charge < -0.3 is 10.2 Å². The van der Waals surface area contributed by atoms with Crippen molar-refractivity contribution in [2.75, 3.05) is 19.0 Å². The minimum absolute atomic E-state index is 0.185. The van der Waals surface area contributed by atoms with E-state index in [1.807, 2.05) is 73.6 Å². The first kappa shape index (κ1) is 18.9. The number of aromatic nitrogens is 2. The van der Waals surface area contributed by atoms with E-state index >= 15 is 0 Å². The van der Waals surface area contributed by atoms with E-state index in [4.69, 9.17) is 11.6 Å². The Kier molecular flexibility index (Phi) is 6.04. The number of halogens is 1. The first-order chi connectivity index (χ1) is 13.0. The lowest BCUT2D eigenvalue weighted by Crippen LogP contribution is -2.31. The van der Waals surface area contributed by atoms with Crippen molar-refractivity contribution in [2.24, 2.45) is 0 Å². The van der Waals surface area contributed by atoms with Gasteiger partial charge in [0, 0.05) is 19.1 Å². The molecule has 0 saturated heterocycles. The second-order valence-corrected chi connectivity index (χ2v) is 6.87. The van der Waals surface area contributed by atoms with Crippen molar-refractivity contribution in [3.8, 4) is 0 Å². The molecule has 27 heavy (non-hydrogen) atoms. The van der Waals surface area contributed by atoms with Crippen LogP contribution in [0.15, 0.2) is 66.7 Å². The highest BCUT2D eigenvalue weighted by molar-refractivity contribution is 6.30. The molecule has 6 heteroatoms. The van der Waals surface area contributed by atoms with Gasteiger partial charge in [-0.3, -0.25) is 4.79 Å². The van der Waals surface area contributed by atoms with E-state index in [1.165, 1.54) is 0 Å². The molecule has 0 spiro atoms. The monoisotopic (exact) mass is 380 g/mol. The molecule has 0 aliphatic carbocycles. The number of carbonyl (C=O) groups is 1. The Morgan fingerprint density at radius 3 is 2.30 bits per heavy atom. The third kappa shape index (κ3) is 5.05. The summed E-state index contributed by atoms with van der Waals surface area (Å²) in [6.07, 6.45) is 0.649. The Morgan fingerprint density at radius 2 is 1.70 bits per heavy atom. The number of hydrogen-bond acceptors (Lipinski definition) is 4. The van der Waals surface area contributed by atoms with Gasteiger partial charge in [-0.05, 0) is 41.8 Å². The molecule has 1 aromatic heterocycles. The highest BCUT2D eigenvalue weighted by Gasteiger charge is 2.18. The van der Waals surface area contributed by atoms with Crippen LogP contribution in [0, 0.1) is 0 Å². The van der Waals surface area contributed by atoms with Gasteiger partial charge in [0.05, 0.1) is 6.04 Å². The van der Waals surface area contributed by atoms with Gasteiger partial charge in [0.1, 0.15) is 0 Å². The molecule has 1 N–H and O–H groups in total. The van der Waals surface area contributed by atoms with E-state index in [2.05, 4.69) is 15.5 Å². The molecule has 0 radical (unpaired) electrons. The second-order valence-electron chi connectivity index (χ2n) is 6.44. The summed E-state index contributed by atoms with van der Waals surface area (Å²) in [7, 11) is 3.75. The van der Waals surface area contributed by atoms with Crippen LogP contribution in [0.3, 0.4) is 0 Å². The predicted molar refractivity (Wildman–Crippen MR) is 108 cm³/mol. The molecular weight excluding hydrogens is 360 g/mol. The number of hydrogen-bond donors (Lipinski definition) is 1. The molecule has 1 atom stereocenters. The summed E-state index contributed by atoms with van der Waals surface area (Å²) in [5.41, 5.74) is 2.40. The summed E-state index contributed by atoms with van der Waals surface area (Å²) in [6.45, 7) is 0. The Hall–Kier alpha value is -2.92. The van der Waals surface area contributed by atoms with Gasteiger partial charge in [-0.1, -0.05) is 54.1 Å². The van der Waals surface area contributed by atoms with E-state index in [9.17, 15) is 4.79 Å². The number of carbonyl (C=O) groups excluding carboxylic acids is 1. The minimum Gasteiger partial charge on any atom is -0.361 e. The summed E-state index contributed by atoms with van der Waals surface area (Å²) in [5.74, 6) is 0.447. The molecule has 0 fully saturated rings. The van der Waals surface area contributed by atoms with Gasteiger partial charge in [0.15, 0.2) is 11.5 Å². The number of rotatable bonds is 6. The smallest absolute Gasteiger partial charge is 0.272 e. The highest BCUT2D eigenvalue weighted by atomic mass is 35.5. The molecule has 1 unspecified atom stereocenters. The number of anilines is 1. The molecule has 5 nitrogen and oxygen atoms in total. The van der Waals surface area contributed by atoms with Crippen LogP contribution in [0.2, 0.25) is 5.02 Å². The average Bonchev–Trinajstić information content (AvgIpc) is 2.70. The SMILES string of the molecule is CN(C)c1ccc(C(=O)NC(Cc2ccc(Cl)cc2)c2ccccc2)nn1. The summed E-state index contributed by atoms with van der Waals surface area (Å²) in [5, 5.41) is 11.9. The molecule has 3 aromatic rings.